The highest BCUT2D eigenvalue weighted by Gasteiger charge is 2.22. The molecule has 1 aliphatic carbocycles. The summed E-state index contributed by atoms with van der Waals surface area (Å²) in [5.74, 6) is -0.907. The van der Waals surface area contributed by atoms with E-state index in [-0.39, 0.29) is 0 Å². The fraction of sp³-hybridized carbons (Fsp3) is 0.364. The number of carbonyl (C=O) groups is 1. The van der Waals surface area contributed by atoms with Crippen molar-refractivity contribution in [3.63, 3.8) is 0 Å². The van der Waals surface area contributed by atoms with E-state index < -0.39 is 5.97 Å². The lowest BCUT2D eigenvalue weighted by Gasteiger charge is -2.06. The largest absolute Gasteiger partial charge is 0.478 e. The van der Waals surface area contributed by atoms with Gasteiger partial charge in [-0.1, -0.05) is 15.9 Å². The standard InChI is InChI=1S/C11H11BrO3/c12-10-4-1-7(11(13)14)5-8(10)6-15-9-2-3-9/h1,4-5,9H,2-3,6H2,(H,13,14). The topological polar surface area (TPSA) is 46.5 Å². The lowest BCUT2D eigenvalue weighted by atomic mass is 10.1. The maximum atomic E-state index is 10.8. The Hall–Kier alpha value is -0.870. The smallest absolute Gasteiger partial charge is 0.335 e. The number of carboxylic acid groups (broad SMARTS) is 1. The summed E-state index contributed by atoms with van der Waals surface area (Å²) in [5, 5.41) is 8.83. The van der Waals surface area contributed by atoms with E-state index in [2.05, 4.69) is 15.9 Å². The van der Waals surface area contributed by atoms with Crippen LogP contribution in [-0.4, -0.2) is 17.2 Å². The Morgan fingerprint density at radius 1 is 1.53 bits per heavy atom. The fourth-order valence-corrected chi connectivity index (χ4v) is 1.62. The van der Waals surface area contributed by atoms with Gasteiger partial charge in [0.1, 0.15) is 0 Å². The highest BCUT2D eigenvalue weighted by atomic mass is 79.9. The highest BCUT2D eigenvalue weighted by Crippen LogP contribution is 2.27. The van der Waals surface area contributed by atoms with Crippen molar-refractivity contribution < 1.29 is 14.6 Å². The van der Waals surface area contributed by atoms with Crippen LogP contribution in [0.4, 0.5) is 0 Å². The molecule has 1 saturated carbocycles. The first-order chi connectivity index (χ1) is 7.16. The Bertz CT molecular complexity index is 385. The molecule has 4 heteroatoms. The number of halogens is 1. The molecular formula is C11H11BrO3. The molecule has 0 atom stereocenters. The monoisotopic (exact) mass is 270 g/mol. The lowest BCUT2D eigenvalue weighted by molar-refractivity contribution is 0.0696. The third-order valence-corrected chi connectivity index (χ3v) is 3.07. The molecule has 0 aliphatic heterocycles. The van der Waals surface area contributed by atoms with Gasteiger partial charge >= 0.3 is 5.97 Å². The lowest BCUT2D eigenvalue weighted by Crippen LogP contribution is -2.00. The molecule has 1 aliphatic rings. The zero-order valence-electron chi connectivity index (χ0n) is 8.07. The van der Waals surface area contributed by atoms with E-state index in [1.807, 2.05) is 0 Å². The van der Waals surface area contributed by atoms with E-state index in [0.717, 1.165) is 22.9 Å². The molecule has 0 radical (unpaired) electrons. The van der Waals surface area contributed by atoms with Crippen LogP contribution >= 0.6 is 15.9 Å². The van der Waals surface area contributed by atoms with Crippen molar-refractivity contribution >= 4 is 21.9 Å². The summed E-state index contributed by atoms with van der Waals surface area (Å²) in [5.41, 5.74) is 1.19. The van der Waals surface area contributed by atoms with Gasteiger partial charge in [0.25, 0.3) is 0 Å². The second kappa shape index (κ2) is 4.33. The summed E-state index contributed by atoms with van der Waals surface area (Å²) >= 11 is 3.38. The number of aromatic carboxylic acids is 1. The van der Waals surface area contributed by atoms with E-state index in [9.17, 15) is 4.79 Å². The number of rotatable bonds is 4. The molecule has 15 heavy (non-hydrogen) atoms. The maximum Gasteiger partial charge on any atom is 0.335 e. The van der Waals surface area contributed by atoms with Gasteiger partial charge in [0, 0.05) is 4.47 Å². The quantitative estimate of drug-likeness (QED) is 0.915. The van der Waals surface area contributed by atoms with Gasteiger partial charge in [0.15, 0.2) is 0 Å². The Kier molecular flexibility index (Phi) is 3.07. The van der Waals surface area contributed by atoms with Crippen molar-refractivity contribution in [2.45, 2.75) is 25.6 Å². The van der Waals surface area contributed by atoms with Crippen molar-refractivity contribution in [2.24, 2.45) is 0 Å². The van der Waals surface area contributed by atoms with Crippen LogP contribution in [0.25, 0.3) is 0 Å². The Balaban J connectivity index is 2.12. The summed E-state index contributed by atoms with van der Waals surface area (Å²) in [4.78, 5) is 10.8. The molecular weight excluding hydrogens is 260 g/mol. The van der Waals surface area contributed by atoms with E-state index in [4.69, 9.17) is 9.84 Å². The third-order valence-electron chi connectivity index (χ3n) is 2.29. The van der Waals surface area contributed by atoms with Crippen LogP contribution in [0.2, 0.25) is 0 Å². The normalized spacial score (nSPS) is 15.3. The van der Waals surface area contributed by atoms with Crippen LogP contribution in [0.5, 0.6) is 0 Å². The summed E-state index contributed by atoms with van der Waals surface area (Å²) in [6, 6.07) is 4.97. The minimum atomic E-state index is -0.907. The maximum absolute atomic E-state index is 10.8. The SMILES string of the molecule is O=C(O)c1ccc(Br)c(COC2CC2)c1. The van der Waals surface area contributed by atoms with Gasteiger partial charge in [-0.15, -0.1) is 0 Å². The molecule has 80 valence electrons. The molecule has 1 fully saturated rings. The first-order valence-corrected chi connectivity index (χ1v) is 5.59. The van der Waals surface area contributed by atoms with Gasteiger partial charge in [-0.05, 0) is 36.6 Å². The second-order valence-electron chi connectivity index (χ2n) is 3.62. The molecule has 0 unspecified atom stereocenters. The van der Waals surface area contributed by atoms with Crippen LogP contribution < -0.4 is 0 Å². The minimum absolute atomic E-state index is 0.299. The van der Waals surface area contributed by atoms with Crippen LogP contribution in [0, 0.1) is 0 Å². The number of ether oxygens (including phenoxy) is 1. The molecule has 0 bridgehead atoms. The van der Waals surface area contributed by atoms with Gasteiger partial charge in [0.05, 0.1) is 18.3 Å². The number of hydrogen-bond acceptors (Lipinski definition) is 2. The first-order valence-electron chi connectivity index (χ1n) is 4.80. The van der Waals surface area contributed by atoms with Crippen molar-refractivity contribution in [2.75, 3.05) is 0 Å². The zero-order valence-corrected chi connectivity index (χ0v) is 9.66. The molecule has 0 amide bonds. The number of benzene rings is 1. The van der Waals surface area contributed by atoms with Gasteiger partial charge in [-0.2, -0.15) is 0 Å². The van der Waals surface area contributed by atoms with Crippen LogP contribution in [0.3, 0.4) is 0 Å². The van der Waals surface area contributed by atoms with Crippen LogP contribution in [0.15, 0.2) is 22.7 Å². The van der Waals surface area contributed by atoms with Gasteiger partial charge in [-0.3, -0.25) is 0 Å². The van der Waals surface area contributed by atoms with E-state index in [0.29, 0.717) is 18.3 Å². The highest BCUT2D eigenvalue weighted by molar-refractivity contribution is 9.10. The average molecular weight is 271 g/mol. The van der Waals surface area contributed by atoms with Gasteiger partial charge in [-0.25, -0.2) is 4.79 Å². The summed E-state index contributed by atoms with van der Waals surface area (Å²) in [6.45, 7) is 0.479. The Morgan fingerprint density at radius 2 is 2.27 bits per heavy atom. The zero-order chi connectivity index (χ0) is 10.8. The number of carboxylic acids is 1. The Labute approximate surface area is 96.2 Å². The molecule has 1 aromatic carbocycles. The summed E-state index contributed by atoms with van der Waals surface area (Å²) < 4.78 is 6.43. The second-order valence-corrected chi connectivity index (χ2v) is 4.48. The number of hydrogen-bond donors (Lipinski definition) is 1. The van der Waals surface area contributed by atoms with Crippen molar-refractivity contribution in [1.29, 1.82) is 0 Å². The molecule has 3 nitrogen and oxygen atoms in total. The molecule has 2 rings (SSSR count). The van der Waals surface area contributed by atoms with Gasteiger partial charge in [0.2, 0.25) is 0 Å². The molecule has 0 heterocycles. The minimum Gasteiger partial charge on any atom is -0.478 e. The van der Waals surface area contributed by atoms with E-state index >= 15 is 0 Å². The molecule has 0 aromatic heterocycles. The molecule has 0 spiro atoms. The summed E-state index contributed by atoms with van der Waals surface area (Å²) in [6.07, 6.45) is 2.62. The molecule has 1 N–H and O–H groups in total. The predicted octanol–water partition coefficient (Wildman–Crippen LogP) is 2.83. The average Bonchev–Trinajstić information content (AvgIpc) is 3.00. The van der Waals surface area contributed by atoms with Crippen molar-refractivity contribution in [3.8, 4) is 0 Å². The predicted molar refractivity (Wildman–Crippen MR) is 58.9 cm³/mol. The molecule has 1 aromatic rings. The van der Waals surface area contributed by atoms with Crippen LogP contribution in [0.1, 0.15) is 28.8 Å². The van der Waals surface area contributed by atoms with Gasteiger partial charge < -0.3 is 9.84 Å². The van der Waals surface area contributed by atoms with Crippen molar-refractivity contribution in [3.05, 3.63) is 33.8 Å². The summed E-state index contributed by atoms with van der Waals surface area (Å²) in [7, 11) is 0. The third kappa shape index (κ3) is 2.79. The van der Waals surface area contributed by atoms with E-state index in [1.165, 1.54) is 0 Å². The molecule has 0 saturated heterocycles. The first kappa shape index (κ1) is 10.6. The van der Waals surface area contributed by atoms with Crippen molar-refractivity contribution in [1.82, 2.24) is 0 Å². The fourth-order valence-electron chi connectivity index (χ4n) is 1.26. The van der Waals surface area contributed by atoms with Crippen LogP contribution in [-0.2, 0) is 11.3 Å². The Morgan fingerprint density at radius 3 is 2.87 bits per heavy atom. The van der Waals surface area contributed by atoms with E-state index in [1.54, 1.807) is 18.2 Å².